The second kappa shape index (κ2) is 3.29. The summed E-state index contributed by atoms with van der Waals surface area (Å²) in [6.07, 6.45) is 5.15. The van der Waals surface area contributed by atoms with E-state index in [2.05, 4.69) is 0 Å². The highest BCUT2D eigenvalue weighted by Crippen LogP contribution is 2.46. The molecule has 13 heavy (non-hydrogen) atoms. The number of methoxy groups -OCH3 is 1. The molecule has 0 aromatic rings. The molecule has 2 saturated heterocycles. The van der Waals surface area contributed by atoms with E-state index in [0.717, 1.165) is 32.1 Å². The summed E-state index contributed by atoms with van der Waals surface area (Å²) >= 11 is 0. The van der Waals surface area contributed by atoms with Crippen molar-refractivity contribution in [3.8, 4) is 0 Å². The minimum Gasteiger partial charge on any atom is -0.462 e. The maximum atomic E-state index is 11.6. The van der Waals surface area contributed by atoms with Crippen LogP contribution >= 0.6 is 0 Å². The van der Waals surface area contributed by atoms with Gasteiger partial charge >= 0.3 is 5.97 Å². The Hall–Kier alpha value is -0.570. The van der Waals surface area contributed by atoms with Crippen LogP contribution in [0, 0.1) is 5.41 Å². The molecule has 0 unspecified atom stereocenters. The summed E-state index contributed by atoms with van der Waals surface area (Å²) in [6.45, 7) is 0.666. The molecule has 1 aliphatic carbocycles. The summed E-state index contributed by atoms with van der Waals surface area (Å²) in [6, 6.07) is 0. The molecular weight excluding hydrogens is 168 g/mol. The second-order valence-corrected chi connectivity index (χ2v) is 4.13. The zero-order chi connectivity index (χ0) is 9.31. The van der Waals surface area contributed by atoms with Crippen LogP contribution in [0.2, 0.25) is 0 Å². The minimum absolute atomic E-state index is 0.0204. The SMILES string of the molecule is COCCC12CCC(CC1)OC2=O. The Labute approximate surface area is 78.4 Å². The van der Waals surface area contributed by atoms with Gasteiger partial charge in [0.2, 0.25) is 0 Å². The first-order valence-corrected chi connectivity index (χ1v) is 4.97. The fraction of sp³-hybridized carbons (Fsp3) is 0.900. The molecule has 0 amide bonds. The number of fused-ring (bicyclic) bond motifs is 3. The predicted octanol–water partition coefficient (Wildman–Crippen LogP) is 1.51. The van der Waals surface area contributed by atoms with E-state index in [4.69, 9.17) is 9.47 Å². The van der Waals surface area contributed by atoms with Gasteiger partial charge in [0, 0.05) is 13.7 Å². The van der Waals surface area contributed by atoms with Gasteiger partial charge in [-0.25, -0.2) is 0 Å². The normalized spacial score (nSPS) is 37.6. The average Bonchev–Trinajstić information content (AvgIpc) is 2.17. The van der Waals surface area contributed by atoms with Crippen molar-refractivity contribution < 1.29 is 14.3 Å². The summed E-state index contributed by atoms with van der Waals surface area (Å²) in [5.41, 5.74) is -0.190. The van der Waals surface area contributed by atoms with Crippen molar-refractivity contribution in [1.82, 2.24) is 0 Å². The highest BCUT2D eigenvalue weighted by molar-refractivity contribution is 5.78. The van der Waals surface area contributed by atoms with Gasteiger partial charge in [0.1, 0.15) is 6.10 Å². The van der Waals surface area contributed by atoms with Gasteiger partial charge in [-0.3, -0.25) is 4.79 Å². The number of carbonyl (C=O) groups is 1. The molecule has 0 aromatic heterocycles. The van der Waals surface area contributed by atoms with E-state index >= 15 is 0 Å². The van der Waals surface area contributed by atoms with Gasteiger partial charge in [0.05, 0.1) is 5.41 Å². The summed E-state index contributed by atoms with van der Waals surface area (Å²) in [4.78, 5) is 11.6. The Balaban J connectivity index is 2.04. The third-order valence-electron chi connectivity index (χ3n) is 3.38. The number of ether oxygens (including phenoxy) is 2. The van der Waals surface area contributed by atoms with Gasteiger partial charge in [-0.1, -0.05) is 0 Å². The maximum absolute atomic E-state index is 11.6. The van der Waals surface area contributed by atoms with Crippen molar-refractivity contribution >= 4 is 5.97 Å². The van der Waals surface area contributed by atoms with E-state index in [0.29, 0.717) is 6.61 Å². The van der Waals surface area contributed by atoms with Gasteiger partial charge in [0.15, 0.2) is 0 Å². The Bertz CT molecular complexity index is 204. The van der Waals surface area contributed by atoms with Crippen molar-refractivity contribution in [3.05, 3.63) is 0 Å². The first-order valence-electron chi connectivity index (χ1n) is 4.97. The first kappa shape index (κ1) is 9.00. The van der Waals surface area contributed by atoms with Crippen molar-refractivity contribution in [1.29, 1.82) is 0 Å². The molecule has 0 spiro atoms. The number of rotatable bonds is 3. The fourth-order valence-corrected chi connectivity index (χ4v) is 2.39. The quantitative estimate of drug-likeness (QED) is 0.624. The van der Waals surface area contributed by atoms with Gasteiger partial charge in [-0.2, -0.15) is 0 Å². The molecule has 1 saturated carbocycles. The van der Waals surface area contributed by atoms with E-state index in [-0.39, 0.29) is 17.5 Å². The molecule has 0 radical (unpaired) electrons. The molecule has 0 atom stereocenters. The topological polar surface area (TPSA) is 35.5 Å². The molecule has 74 valence electrons. The summed E-state index contributed by atoms with van der Waals surface area (Å²) in [7, 11) is 1.68. The van der Waals surface area contributed by atoms with Crippen molar-refractivity contribution in [2.24, 2.45) is 5.41 Å². The van der Waals surface area contributed by atoms with Crippen molar-refractivity contribution in [3.63, 3.8) is 0 Å². The number of hydrogen-bond donors (Lipinski definition) is 0. The average molecular weight is 184 g/mol. The Morgan fingerprint density at radius 2 is 2.23 bits per heavy atom. The van der Waals surface area contributed by atoms with E-state index < -0.39 is 0 Å². The third-order valence-corrected chi connectivity index (χ3v) is 3.38. The molecule has 3 aliphatic rings. The van der Waals surface area contributed by atoms with Crippen LogP contribution in [0.4, 0.5) is 0 Å². The van der Waals surface area contributed by atoms with Crippen LogP contribution in [0.3, 0.4) is 0 Å². The van der Waals surface area contributed by atoms with Crippen LogP contribution in [0.25, 0.3) is 0 Å². The number of esters is 1. The van der Waals surface area contributed by atoms with Crippen LogP contribution in [-0.2, 0) is 14.3 Å². The van der Waals surface area contributed by atoms with Crippen molar-refractivity contribution in [2.75, 3.05) is 13.7 Å². The highest BCUT2D eigenvalue weighted by atomic mass is 16.5. The molecule has 0 aromatic carbocycles. The largest absolute Gasteiger partial charge is 0.462 e. The molecule has 3 fully saturated rings. The Morgan fingerprint density at radius 1 is 1.54 bits per heavy atom. The molecule has 3 rings (SSSR count). The lowest BCUT2D eigenvalue weighted by Gasteiger charge is -2.44. The lowest BCUT2D eigenvalue weighted by atomic mass is 9.69. The van der Waals surface area contributed by atoms with Gasteiger partial charge < -0.3 is 9.47 Å². The van der Waals surface area contributed by atoms with Crippen LogP contribution in [-0.4, -0.2) is 25.8 Å². The zero-order valence-electron chi connectivity index (χ0n) is 8.04. The van der Waals surface area contributed by atoms with Gasteiger partial charge in [-0.15, -0.1) is 0 Å². The lowest BCUT2D eigenvalue weighted by Crippen LogP contribution is -2.47. The molecule has 3 nitrogen and oxygen atoms in total. The smallest absolute Gasteiger partial charge is 0.312 e. The Kier molecular flexibility index (Phi) is 2.28. The molecule has 2 heterocycles. The Morgan fingerprint density at radius 3 is 2.77 bits per heavy atom. The standard InChI is InChI=1S/C10H16O3/c1-12-7-6-10-4-2-8(3-5-10)13-9(10)11/h8H,2-7H2,1H3. The summed E-state index contributed by atoms with van der Waals surface area (Å²) in [5.74, 6) is 0.0204. The molecule has 3 heteroatoms. The monoisotopic (exact) mass is 184 g/mol. The third kappa shape index (κ3) is 1.46. The summed E-state index contributed by atoms with van der Waals surface area (Å²) < 4.78 is 10.3. The molecule has 2 aliphatic heterocycles. The second-order valence-electron chi connectivity index (χ2n) is 4.13. The van der Waals surface area contributed by atoms with E-state index in [1.165, 1.54) is 0 Å². The van der Waals surface area contributed by atoms with E-state index in [1.807, 2.05) is 0 Å². The molecular formula is C10H16O3. The zero-order valence-corrected chi connectivity index (χ0v) is 8.04. The molecule has 0 N–H and O–H groups in total. The minimum atomic E-state index is -0.190. The van der Waals surface area contributed by atoms with Gasteiger partial charge in [0.25, 0.3) is 0 Å². The first-order chi connectivity index (χ1) is 6.27. The maximum Gasteiger partial charge on any atom is 0.312 e. The van der Waals surface area contributed by atoms with Crippen LogP contribution in [0.1, 0.15) is 32.1 Å². The van der Waals surface area contributed by atoms with Crippen molar-refractivity contribution in [2.45, 2.75) is 38.2 Å². The predicted molar refractivity (Wildman–Crippen MR) is 47.3 cm³/mol. The highest BCUT2D eigenvalue weighted by Gasteiger charge is 2.48. The van der Waals surface area contributed by atoms with E-state index in [1.54, 1.807) is 7.11 Å². The van der Waals surface area contributed by atoms with Crippen LogP contribution in [0.15, 0.2) is 0 Å². The van der Waals surface area contributed by atoms with Crippen LogP contribution < -0.4 is 0 Å². The van der Waals surface area contributed by atoms with Gasteiger partial charge in [-0.05, 0) is 32.1 Å². The lowest BCUT2D eigenvalue weighted by molar-refractivity contribution is -0.183. The van der Waals surface area contributed by atoms with E-state index in [9.17, 15) is 4.79 Å². The number of carbonyl (C=O) groups excluding carboxylic acids is 1. The summed E-state index contributed by atoms with van der Waals surface area (Å²) in [5, 5.41) is 0. The number of hydrogen-bond acceptors (Lipinski definition) is 3. The van der Waals surface area contributed by atoms with Crippen LogP contribution in [0.5, 0.6) is 0 Å². The fourth-order valence-electron chi connectivity index (χ4n) is 2.39. The molecule has 2 bridgehead atoms.